The zero-order valence-corrected chi connectivity index (χ0v) is 11.2. The smallest absolute Gasteiger partial charge is 0.407 e. The Balaban J connectivity index is 4.17. The lowest BCUT2D eigenvalue weighted by atomic mass is 10.1. The molecule has 0 rings (SSSR count). The lowest BCUT2D eigenvalue weighted by Gasteiger charge is -2.32. The van der Waals surface area contributed by atoms with E-state index in [2.05, 4.69) is 10.9 Å². The summed E-state index contributed by atoms with van der Waals surface area (Å²) in [5, 5.41) is 9.00. The SMILES string of the molecule is CCC(=O)NNC(=O)CCN(C(=O)O)C(C)(C)C. The van der Waals surface area contributed by atoms with Crippen molar-refractivity contribution in [2.75, 3.05) is 6.54 Å². The third-order valence-electron chi connectivity index (χ3n) is 2.27. The molecule has 0 heterocycles. The first kappa shape index (κ1) is 16.2. The number of carbonyl (C=O) groups is 3. The lowest BCUT2D eigenvalue weighted by molar-refractivity contribution is -0.129. The Kier molecular flexibility index (Phi) is 6.15. The van der Waals surface area contributed by atoms with E-state index >= 15 is 0 Å². The fourth-order valence-electron chi connectivity index (χ4n) is 1.22. The van der Waals surface area contributed by atoms with Gasteiger partial charge in [0.05, 0.1) is 0 Å². The van der Waals surface area contributed by atoms with Crippen molar-refractivity contribution in [2.24, 2.45) is 0 Å². The van der Waals surface area contributed by atoms with Crippen molar-refractivity contribution in [1.82, 2.24) is 15.8 Å². The first-order valence-electron chi connectivity index (χ1n) is 5.76. The first-order chi connectivity index (χ1) is 8.18. The molecule has 3 N–H and O–H groups in total. The van der Waals surface area contributed by atoms with Crippen LogP contribution in [0.15, 0.2) is 0 Å². The van der Waals surface area contributed by atoms with Crippen LogP contribution in [-0.2, 0) is 9.59 Å². The molecule has 0 radical (unpaired) electrons. The maximum atomic E-state index is 11.4. The summed E-state index contributed by atoms with van der Waals surface area (Å²) in [6.45, 7) is 6.98. The molecule has 0 atom stereocenters. The molecule has 0 aromatic heterocycles. The maximum absolute atomic E-state index is 11.4. The molecule has 0 aromatic carbocycles. The highest BCUT2D eigenvalue weighted by molar-refractivity contribution is 5.82. The third kappa shape index (κ3) is 6.07. The number of hydrogen-bond donors (Lipinski definition) is 3. The zero-order valence-electron chi connectivity index (χ0n) is 11.2. The van der Waals surface area contributed by atoms with Crippen LogP contribution in [0.2, 0.25) is 0 Å². The van der Waals surface area contributed by atoms with E-state index in [4.69, 9.17) is 5.11 Å². The first-order valence-corrected chi connectivity index (χ1v) is 5.76. The Morgan fingerprint density at radius 2 is 1.61 bits per heavy atom. The molecule has 7 nitrogen and oxygen atoms in total. The Bertz CT molecular complexity index is 323. The van der Waals surface area contributed by atoms with Gasteiger partial charge in [-0.3, -0.25) is 20.4 Å². The molecule has 0 fully saturated rings. The number of rotatable bonds is 4. The molecule has 0 unspecified atom stereocenters. The number of hydrogen-bond acceptors (Lipinski definition) is 3. The van der Waals surface area contributed by atoms with E-state index in [1.165, 1.54) is 4.90 Å². The predicted octanol–water partition coefficient (Wildman–Crippen LogP) is 0.712. The predicted molar refractivity (Wildman–Crippen MR) is 65.7 cm³/mol. The molecular formula is C11H21N3O4. The van der Waals surface area contributed by atoms with Crippen molar-refractivity contribution >= 4 is 17.9 Å². The molecule has 0 spiro atoms. The molecule has 0 aromatic rings. The van der Waals surface area contributed by atoms with Crippen LogP contribution in [0.25, 0.3) is 0 Å². The van der Waals surface area contributed by atoms with Crippen molar-refractivity contribution < 1.29 is 19.5 Å². The summed E-state index contributed by atoms with van der Waals surface area (Å²) >= 11 is 0. The number of nitrogens with zero attached hydrogens (tertiary/aromatic N) is 1. The maximum Gasteiger partial charge on any atom is 0.407 e. The van der Waals surface area contributed by atoms with Crippen LogP contribution in [0.5, 0.6) is 0 Å². The average molecular weight is 259 g/mol. The van der Waals surface area contributed by atoms with Crippen molar-refractivity contribution in [1.29, 1.82) is 0 Å². The number of nitrogens with one attached hydrogen (secondary N) is 2. The second-order valence-corrected chi connectivity index (χ2v) is 4.80. The van der Waals surface area contributed by atoms with Gasteiger partial charge in [0.2, 0.25) is 11.8 Å². The van der Waals surface area contributed by atoms with Crippen molar-refractivity contribution in [3.05, 3.63) is 0 Å². The van der Waals surface area contributed by atoms with Gasteiger partial charge in [0.15, 0.2) is 0 Å². The van der Waals surface area contributed by atoms with Gasteiger partial charge in [0, 0.05) is 24.9 Å². The van der Waals surface area contributed by atoms with Crippen LogP contribution in [0.4, 0.5) is 4.79 Å². The van der Waals surface area contributed by atoms with Crippen LogP contribution in [0, 0.1) is 0 Å². The molecule has 0 bridgehead atoms. The second-order valence-electron chi connectivity index (χ2n) is 4.80. The third-order valence-corrected chi connectivity index (χ3v) is 2.27. The average Bonchev–Trinajstić information content (AvgIpc) is 2.23. The molecule has 3 amide bonds. The van der Waals surface area contributed by atoms with E-state index in [1.54, 1.807) is 27.7 Å². The van der Waals surface area contributed by atoms with Gasteiger partial charge < -0.3 is 10.0 Å². The van der Waals surface area contributed by atoms with E-state index in [1.807, 2.05) is 0 Å². The summed E-state index contributed by atoms with van der Waals surface area (Å²) in [6.07, 6.45) is -0.815. The minimum atomic E-state index is -1.08. The van der Waals surface area contributed by atoms with Crippen LogP contribution < -0.4 is 10.9 Å². The summed E-state index contributed by atoms with van der Waals surface area (Å²) in [7, 11) is 0. The Morgan fingerprint density at radius 3 is 2.00 bits per heavy atom. The van der Waals surface area contributed by atoms with Gasteiger partial charge >= 0.3 is 6.09 Å². The van der Waals surface area contributed by atoms with E-state index in [0.29, 0.717) is 0 Å². The molecule has 0 aliphatic heterocycles. The van der Waals surface area contributed by atoms with Crippen molar-refractivity contribution in [3.8, 4) is 0 Å². The van der Waals surface area contributed by atoms with Crippen molar-refractivity contribution in [3.63, 3.8) is 0 Å². The number of carboxylic acid groups (broad SMARTS) is 1. The summed E-state index contributed by atoms with van der Waals surface area (Å²) in [6, 6.07) is 0. The molecule has 7 heteroatoms. The van der Waals surface area contributed by atoms with E-state index in [0.717, 1.165) is 0 Å². The molecule has 0 aliphatic rings. The topological polar surface area (TPSA) is 98.7 Å². The van der Waals surface area contributed by atoms with E-state index in [-0.39, 0.29) is 25.3 Å². The molecule has 0 aliphatic carbocycles. The van der Waals surface area contributed by atoms with Gasteiger partial charge in [-0.2, -0.15) is 0 Å². The summed E-state index contributed by atoms with van der Waals surface area (Å²) in [4.78, 5) is 34.4. The van der Waals surface area contributed by atoms with Gasteiger partial charge in [-0.1, -0.05) is 6.92 Å². The molecule has 0 saturated heterocycles. The quantitative estimate of drug-likeness (QED) is 0.647. The van der Waals surface area contributed by atoms with Crippen LogP contribution >= 0.6 is 0 Å². The van der Waals surface area contributed by atoms with Crippen LogP contribution in [-0.4, -0.2) is 40.0 Å². The second kappa shape index (κ2) is 6.83. The van der Waals surface area contributed by atoms with Crippen LogP contribution in [0.1, 0.15) is 40.5 Å². The molecular weight excluding hydrogens is 238 g/mol. The number of hydrazine groups is 1. The Morgan fingerprint density at radius 1 is 1.11 bits per heavy atom. The number of amides is 3. The summed E-state index contributed by atoms with van der Waals surface area (Å²) in [5.74, 6) is -0.721. The number of carbonyl (C=O) groups excluding carboxylic acids is 2. The fraction of sp³-hybridized carbons (Fsp3) is 0.727. The van der Waals surface area contributed by atoms with Gasteiger partial charge in [0.25, 0.3) is 0 Å². The minimum Gasteiger partial charge on any atom is -0.465 e. The Hall–Kier alpha value is -1.79. The summed E-state index contributed by atoms with van der Waals surface area (Å²) < 4.78 is 0. The van der Waals surface area contributed by atoms with E-state index < -0.39 is 17.5 Å². The largest absolute Gasteiger partial charge is 0.465 e. The van der Waals surface area contributed by atoms with Gasteiger partial charge in [0.1, 0.15) is 0 Å². The summed E-state index contributed by atoms with van der Waals surface area (Å²) in [5.41, 5.74) is 3.87. The monoisotopic (exact) mass is 259 g/mol. The fourth-order valence-corrected chi connectivity index (χ4v) is 1.22. The standard InChI is InChI=1S/C11H21N3O4/c1-5-8(15)12-13-9(16)6-7-14(10(17)18)11(2,3)4/h5-7H2,1-4H3,(H,12,15)(H,13,16)(H,17,18). The highest BCUT2D eigenvalue weighted by Crippen LogP contribution is 2.13. The highest BCUT2D eigenvalue weighted by atomic mass is 16.4. The molecule has 0 saturated carbocycles. The Labute approximate surface area is 106 Å². The molecule has 18 heavy (non-hydrogen) atoms. The lowest BCUT2D eigenvalue weighted by Crippen LogP contribution is -2.48. The normalized spacial score (nSPS) is 10.7. The molecule has 104 valence electrons. The van der Waals surface area contributed by atoms with Gasteiger partial charge in [-0.05, 0) is 20.8 Å². The van der Waals surface area contributed by atoms with Gasteiger partial charge in [-0.25, -0.2) is 4.79 Å². The zero-order chi connectivity index (χ0) is 14.3. The van der Waals surface area contributed by atoms with Gasteiger partial charge in [-0.15, -0.1) is 0 Å². The van der Waals surface area contributed by atoms with Crippen molar-refractivity contribution in [2.45, 2.75) is 46.1 Å². The minimum absolute atomic E-state index is 0.00638. The highest BCUT2D eigenvalue weighted by Gasteiger charge is 2.26. The van der Waals surface area contributed by atoms with Crippen LogP contribution in [0.3, 0.4) is 0 Å². The van der Waals surface area contributed by atoms with E-state index in [9.17, 15) is 14.4 Å².